The van der Waals surface area contributed by atoms with Crippen molar-refractivity contribution in [2.75, 3.05) is 16.0 Å². The van der Waals surface area contributed by atoms with Gasteiger partial charge in [0.25, 0.3) is 5.91 Å². The van der Waals surface area contributed by atoms with Gasteiger partial charge in [0, 0.05) is 34.4 Å². The smallest absolute Gasteiger partial charge is 0.359 e. The molecule has 12 heteroatoms. The topological polar surface area (TPSA) is 122 Å². The summed E-state index contributed by atoms with van der Waals surface area (Å²) in [5.74, 6) is -0.148. The number of hydrogen-bond acceptors (Lipinski definition) is 6. The van der Waals surface area contributed by atoms with Gasteiger partial charge in [-0.2, -0.15) is 13.2 Å². The number of alkyl halides is 3. The Morgan fingerprint density at radius 1 is 0.917 bits per heavy atom. The molecule has 3 heterocycles. The van der Waals surface area contributed by atoms with Crippen LogP contribution < -0.4 is 16.0 Å². The molecule has 4 aromatic rings. The highest BCUT2D eigenvalue weighted by atomic mass is 19.4. The number of aromatic nitrogens is 3. The fourth-order valence-corrected chi connectivity index (χ4v) is 3.20. The van der Waals surface area contributed by atoms with Crippen molar-refractivity contribution in [2.24, 2.45) is 0 Å². The highest BCUT2D eigenvalue weighted by molar-refractivity contribution is 6.07. The molecule has 0 aliphatic rings. The van der Waals surface area contributed by atoms with E-state index in [4.69, 9.17) is 4.52 Å². The van der Waals surface area contributed by atoms with Crippen molar-refractivity contribution < 1.29 is 27.3 Å². The summed E-state index contributed by atoms with van der Waals surface area (Å²) in [7, 11) is 0. The molecule has 0 fully saturated rings. The highest BCUT2D eigenvalue weighted by Crippen LogP contribution is 2.32. The van der Waals surface area contributed by atoms with E-state index in [-0.39, 0.29) is 22.6 Å². The average Bonchev–Trinajstić information content (AvgIpc) is 3.28. The Balaban J connectivity index is 1.44. The molecule has 1 aromatic carbocycles. The fraction of sp³-hybridized carbons (Fsp3) is 0.208. The van der Waals surface area contributed by atoms with E-state index in [2.05, 4.69) is 31.1 Å². The SMILES string of the molecule is CC(C)(C)c1cc(NC(=O)Nc2ccc(NC(=O)c3cc4cccnc4nc3C(F)(F)F)cc2)no1. The number of carbonyl (C=O) groups excluding carboxylic acids is 2. The largest absolute Gasteiger partial charge is 0.434 e. The van der Waals surface area contributed by atoms with E-state index in [0.717, 1.165) is 6.07 Å². The molecule has 4 rings (SSSR count). The average molecular weight is 498 g/mol. The Labute approximate surface area is 203 Å². The summed E-state index contributed by atoms with van der Waals surface area (Å²) in [6, 6.07) is 11.0. The van der Waals surface area contributed by atoms with Crippen LogP contribution in [-0.2, 0) is 11.6 Å². The molecule has 3 amide bonds. The minimum Gasteiger partial charge on any atom is -0.359 e. The summed E-state index contributed by atoms with van der Waals surface area (Å²) in [5.41, 5.74) is -1.76. The van der Waals surface area contributed by atoms with Crippen LogP contribution in [0.1, 0.15) is 42.6 Å². The molecule has 0 unspecified atom stereocenters. The number of pyridine rings is 2. The number of halogens is 3. The monoisotopic (exact) mass is 498 g/mol. The second-order valence-corrected chi connectivity index (χ2v) is 8.87. The number of hydrogen-bond donors (Lipinski definition) is 3. The molecule has 0 aliphatic heterocycles. The van der Waals surface area contributed by atoms with Crippen molar-refractivity contribution in [3.05, 3.63) is 71.7 Å². The molecule has 0 radical (unpaired) electrons. The second kappa shape index (κ2) is 9.29. The summed E-state index contributed by atoms with van der Waals surface area (Å²) in [5, 5.41) is 11.6. The number of nitrogens with zero attached hydrogens (tertiary/aromatic N) is 3. The third-order valence-electron chi connectivity index (χ3n) is 4.99. The van der Waals surface area contributed by atoms with Crippen molar-refractivity contribution in [1.29, 1.82) is 0 Å². The first-order valence-corrected chi connectivity index (χ1v) is 10.7. The van der Waals surface area contributed by atoms with Crippen LogP contribution in [0, 0.1) is 0 Å². The maximum Gasteiger partial charge on any atom is 0.434 e. The Kier molecular flexibility index (Phi) is 6.35. The lowest BCUT2D eigenvalue weighted by atomic mass is 9.93. The van der Waals surface area contributed by atoms with Gasteiger partial charge in [-0.1, -0.05) is 25.9 Å². The third-order valence-corrected chi connectivity index (χ3v) is 4.99. The molecule has 3 N–H and O–H groups in total. The van der Waals surface area contributed by atoms with Crippen LogP contribution in [0.2, 0.25) is 0 Å². The zero-order valence-corrected chi connectivity index (χ0v) is 19.4. The van der Waals surface area contributed by atoms with Gasteiger partial charge in [-0.3, -0.25) is 10.1 Å². The minimum absolute atomic E-state index is 0.115. The molecular formula is C24H21F3N6O3. The van der Waals surface area contributed by atoms with Crippen molar-refractivity contribution in [3.8, 4) is 0 Å². The Morgan fingerprint density at radius 3 is 2.19 bits per heavy atom. The summed E-state index contributed by atoms with van der Waals surface area (Å²) >= 11 is 0. The van der Waals surface area contributed by atoms with Crippen molar-refractivity contribution >= 4 is 40.2 Å². The predicted octanol–water partition coefficient (Wildman–Crippen LogP) is 5.83. The summed E-state index contributed by atoms with van der Waals surface area (Å²) < 4.78 is 45.8. The van der Waals surface area contributed by atoms with Gasteiger partial charge in [0.1, 0.15) is 5.76 Å². The van der Waals surface area contributed by atoms with Crippen LogP contribution in [0.5, 0.6) is 0 Å². The Bertz CT molecular complexity index is 1430. The van der Waals surface area contributed by atoms with E-state index >= 15 is 0 Å². The van der Waals surface area contributed by atoms with E-state index in [1.165, 1.54) is 42.6 Å². The molecule has 0 saturated heterocycles. The molecule has 186 valence electrons. The van der Waals surface area contributed by atoms with E-state index in [0.29, 0.717) is 16.8 Å². The zero-order chi connectivity index (χ0) is 26.1. The molecular weight excluding hydrogens is 477 g/mol. The number of fused-ring (bicyclic) bond motifs is 1. The van der Waals surface area contributed by atoms with Crippen LogP contribution in [0.4, 0.5) is 35.2 Å². The molecule has 36 heavy (non-hydrogen) atoms. The first kappa shape index (κ1) is 24.6. The summed E-state index contributed by atoms with van der Waals surface area (Å²) in [4.78, 5) is 32.3. The number of anilines is 3. The van der Waals surface area contributed by atoms with Crippen molar-refractivity contribution in [3.63, 3.8) is 0 Å². The third kappa shape index (κ3) is 5.59. The fourth-order valence-electron chi connectivity index (χ4n) is 3.20. The summed E-state index contributed by atoms with van der Waals surface area (Å²) in [6.45, 7) is 5.82. The first-order valence-electron chi connectivity index (χ1n) is 10.7. The molecule has 9 nitrogen and oxygen atoms in total. The van der Waals surface area contributed by atoms with Gasteiger partial charge in [-0.15, -0.1) is 0 Å². The van der Waals surface area contributed by atoms with Gasteiger partial charge in [0.05, 0.1) is 5.56 Å². The van der Waals surface area contributed by atoms with Crippen LogP contribution in [-0.4, -0.2) is 27.1 Å². The molecule has 0 aliphatic carbocycles. The lowest BCUT2D eigenvalue weighted by molar-refractivity contribution is -0.141. The van der Waals surface area contributed by atoms with Gasteiger partial charge in [0.2, 0.25) is 0 Å². The lowest BCUT2D eigenvalue weighted by Gasteiger charge is -2.13. The second-order valence-electron chi connectivity index (χ2n) is 8.87. The maximum atomic E-state index is 13.5. The number of rotatable bonds is 4. The van der Waals surface area contributed by atoms with Crippen LogP contribution in [0.25, 0.3) is 11.0 Å². The van der Waals surface area contributed by atoms with Crippen molar-refractivity contribution in [1.82, 2.24) is 15.1 Å². The normalized spacial score (nSPS) is 11.8. The van der Waals surface area contributed by atoms with Crippen molar-refractivity contribution in [2.45, 2.75) is 32.4 Å². The van der Waals surface area contributed by atoms with E-state index in [1.54, 1.807) is 6.07 Å². The van der Waals surface area contributed by atoms with E-state index in [9.17, 15) is 22.8 Å². The van der Waals surface area contributed by atoms with Gasteiger partial charge in [-0.25, -0.2) is 14.8 Å². The number of urea groups is 1. The van der Waals surface area contributed by atoms with Crippen LogP contribution in [0.15, 0.2) is 59.3 Å². The van der Waals surface area contributed by atoms with E-state index < -0.39 is 29.4 Å². The van der Waals surface area contributed by atoms with Gasteiger partial charge >= 0.3 is 12.2 Å². The standard InChI is InChI=1S/C24H21F3N6O3/c1-23(2,3)17-12-18(33-36-17)31-22(35)30-15-8-6-14(7-9-15)29-21(34)16-11-13-5-4-10-28-20(13)32-19(16)24(25,26)27/h4-12H,1-3H3,(H,29,34)(H2,30,31,33,35). The predicted molar refractivity (Wildman–Crippen MR) is 127 cm³/mol. The maximum absolute atomic E-state index is 13.5. The Hall–Kier alpha value is -4.48. The molecule has 0 saturated carbocycles. The highest BCUT2D eigenvalue weighted by Gasteiger charge is 2.38. The number of amides is 3. The van der Waals surface area contributed by atoms with Gasteiger partial charge < -0.3 is 15.2 Å². The number of benzene rings is 1. The molecule has 0 spiro atoms. The van der Waals surface area contributed by atoms with Gasteiger partial charge in [-0.05, 0) is 42.5 Å². The van der Waals surface area contributed by atoms with Crippen LogP contribution in [0.3, 0.4) is 0 Å². The van der Waals surface area contributed by atoms with Crippen LogP contribution >= 0.6 is 0 Å². The molecule has 0 bridgehead atoms. The quantitative estimate of drug-likeness (QED) is 0.325. The van der Waals surface area contributed by atoms with E-state index in [1.807, 2.05) is 20.8 Å². The lowest BCUT2D eigenvalue weighted by Crippen LogP contribution is -2.21. The first-order chi connectivity index (χ1) is 16.9. The molecule has 0 atom stereocenters. The number of carbonyl (C=O) groups is 2. The zero-order valence-electron chi connectivity index (χ0n) is 19.4. The Morgan fingerprint density at radius 2 is 1.58 bits per heavy atom. The number of nitrogens with one attached hydrogen (secondary N) is 3. The summed E-state index contributed by atoms with van der Waals surface area (Å²) in [6.07, 6.45) is -3.53. The minimum atomic E-state index is -4.85. The van der Waals surface area contributed by atoms with Gasteiger partial charge in [0.15, 0.2) is 17.2 Å². The molecule has 3 aromatic heterocycles.